The van der Waals surface area contributed by atoms with Crippen LogP contribution in [0.15, 0.2) is 83.7 Å². The average molecular weight is 349 g/mol. The van der Waals surface area contributed by atoms with Crippen LogP contribution in [0.25, 0.3) is 11.0 Å². The molecule has 1 aromatic heterocycles. The van der Waals surface area contributed by atoms with Crippen molar-refractivity contribution in [3.05, 3.63) is 105 Å². The van der Waals surface area contributed by atoms with Gasteiger partial charge >= 0.3 is 5.69 Å². The summed E-state index contributed by atoms with van der Waals surface area (Å²) in [5.41, 5.74) is 3.91. The van der Waals surface area contributed by atoms with Crippen LogP contribution in [-0.2, 0) is 13.1 Å². The molecule has 0 aliphatic heterocycles. The molecule has 0 fully saturated rings. The summed E-state index contributed by atoms with van der Waals surface area (Å²) in [6.45, 7) is 1.07. The summed E-state index contributed by atoms with van der Waals surface area (Å²) in [6.07, 6.45) is 0. The van der Waals surface area contributed by atoms with Crippen molar-refractivity contribution in [3.63, 3.8) is 0 Å². The van der Waals surface area contributed by atoms with E-state index < -0.39 is 0 Å². The Bertz CT molecular complexity index is 1070. The van der Waals surface area contributed by atoms with Crippen LogP contribution >= 0.6 is 11.6 Å². The monoisotopic (exact) mass is 348 g/mol. The van der Waals surface area contributed by atoms with Gasteiger partial charge in [-0.15, -0.1) is 0 Å². The van der Waals surface area contributed by atoms with E-state index in [0.717, 1.165) is 22.2 Å². The van der Waals surface area contributed by atoms with Crippen LogP contribution in [0.5, 0.6) is 0 Å². The highest BCUT2D eigenvalue weighted by molar-refractivity contribution is 6.31. The third-order valence-electron chi connectivity index (χ3n) is 4.35. The SMILES string of the molecule is O=c1n(Cc2ccccc2)c2ccc(Cl)cc2n1Cc1ccccc1. The second kappa shape index (κ2) is 6.61. The molecule has 0 aliphatic carbocycles. The Morgan fingerprint density at radius 2 is 1.20 bits per heavy atom. The van der Waals surface area contributed by atoms with E-state index in [1.165, 1.54) is 0 Å². The summed E-state index contributed by atoms with van der Waals surface area (Å²) >= 11 is 6.19. The molecule has 0 unspecified atom stereocenters. The van der Waals surface area contributed by atoms with Gasteiger partial charge in [0.25, 0.3) is 0 Å². The predicted octanol–water partition coefficient (Wildman–Crippen LogP) is 4.55. The fourth-order valence-electron chi connectivity index (χ4n) is 3.13. The third-order valence-corrected chi connectivity index (χ3v) is 4.58. The van der Waals surface area contributed by atoms with Crippen molar-refractivity contribution in [2.45, 2.75) is 13.1 Å². The lowest BCUT2D eigenvalue weighted by Crippen LogP contribution is -2.25. The van der Waals surface area contributed by atoms with Crippen molar-refractivity contribution in [2.24, 2.45) is 0 Å². The Labute approximate surface area is 150 Å². The van der Waals surface area contributed by atoms with Crippen molar-refractivity contribution in [2.75, 3.05) is 0 Å². The number of aromatic nitrogens is 2. The number of benzene rings is 3. The molecule has 3 aromatic carbocycles. The van der Waals surface area contributed by atoms with Crippen LogP contribution in [0, 0.1) is 0 Å². The summed E-state index contributed by atoms with van der Waals surface area (Å²) in [6, 6.07) is 25.6. The van der Waals surface area contributed by atoms with E-state index in [1.807, 2.05) is 83.4 Å². The molecule has 4 heteroatoms. The largest absolute Gasteiger partial charge is 0.329 e. The summed E-state index contributed by atoms with van der Waals surface area (Å²) in [4.78, 5) is 13.1. The van der Waals surface area contributed by atoms with E-state index in [9.17, 15) is 4.79 Å². The summed E-state index contributed by atoms with van der Waals surface area (Å²) in [7, 11) is 0. The molecule has 0 saturated heterocycles. The Balaban J connectivity index is 1.86. The fourth-order valence-corrected chi connectivity index (χ4v) is 3.30. The maximum atomic E-state index is 13.1. The minimum Gasteiger partial charge on any atom is -0.287 e. The van der Waals surface area contributed by atoms with Gasteiger partial charge < -0.3 is 0 Å². The summed E-state index contributed by atoms with van der Waals surface area (Å²) < 4.78 is 3.60. The van der Waals surface area contributed by atoms with E-state index in [2.05, 4.69) is 0 Å². The van der Waals surface area contributed by atoms with E-state index >= 15 is 0 Å². The molecule has 124 valence electrons. The number of imidazole rings is 1. The Morgan fingerprint density at radius 1 is 0.680 bits per heavy atom. The lowest BCUT2D eigenvalue weighted by atomic mass is 10.2. The van der Waals surface area contributed by atoms with Crippen molar-refractivity contribution >= 4 is 22.6 Å². The van der Waals surface area contributed by atoms with E-state index in [1.54, 1.807) is 4.57 Å². The number of nitrogens with zero attached hydrogens (tertiary/aromatic N) is 2. The molecule has 0 bridgehead atoms. The van der Waals surface area contributed by atoms with Crippen molar-refractivity contribution in [1.82, 2.24) is 9.13 Å². The molecule has 0 atom stereocenters. The Morgan fingerprint density at radius 3 is 1.76 bits per heavy atom. The van der Waals surface area contributed by atoms with E-state index in [0.29, 0.717) is 18.1 Å². The molecule has 0 N–H and O–H groups in total. The van der Waals surface area contributed by atoms with Gasteiger partial charge in [-0.1, -0.05) is 72.3 Å². The van der Waals surface area contributed by atoms with Gasteiger partial charge in [0.15, 0.2) is 0 Å². The molecular weight excluding hydrogens is 332 g/mol. The highest BCUT2D eigenvalue weighted by atomic mass is 35.5. The van der Waals surface area contributed by atoms with E-state index in [-0.39, 0.29) is 5.69 Å². The van der Waals surface area contributed by atoms with Crippen molar-refractivity contribution < 1.29 is 0 Å². The topological polar surface area (TPSA) is 26.9 Å². The smallest absolute Gasteiger partial charge is 0.287 e. The maximum absolute atomic E-state index is 13.1. The van der Waals surface area contributed by atoms with Gasteiger partial charge in [0, 0.05) is 5.02 Å². The Kier molecular flexibility index (Phi) is 4.16. The van der Waals surface area contributed by atoms with Gasteiger partial charge in [0.1, 0.15) is 0 Å². The van der Waals surface area contributed by atoms with E-state index in [4.69, 9.17) is 11.6 Å². The van der Waals surface area contributed by atoms with Crippen LogP contribution in [-0.4, -0.2) is 9.13 Å². The van der Waals surface area contributed by atoms with Crippen LogP contribution in [0.1, 0.15) is 11.1 Å². The third kappa shape index (κ3) is 3.11. The first-order chi connectivity index (χ1) is 12.2. The quantitative estimate of drug-likeness (QED) is 0.531. The van der Waals surface area contributed by atoms with Gasteiger partial charge in [-0.3, -0.25) is 9.13 Å². The van der Waals surface area contributed by atoms with Gasteiger partial charge in [0.05, 0.1) is 24.1 Å². The van der Waals surface area contributed by atoms with Crippen LogP contribution in [0.2, 0.25) is 5.02 Å². The van der Waals surface area contributed by atoms with Crippen molar-refractivity contribution in [1.29, 1.82) is 0 Å². The molecule has 4 aromatic rings. The minimum absolute atomic E-state index is 0.0232. The lowest BCUT2D eigenvalue weighted by molar-refractivity contribution is 0.701. The van der Waals surface area contributed by atoms with Crippen LogP contribution < -0.4 is 5.69 Å². The molecule has 0 radical (unpaired) electrons. The maximum Gasteiger partial charge on any atom is 0.329 e. The number of hydrogen-bond donors (Lipinski definition) is 0. The number of halogens is 1. The molecule has 25 heavy (non-hydrogen) atoms. The van der Waals surface area contributed by atoms with Gasteiger partial charge in [-0.2, -0.15) is 0 Å². The zero-order valence-corrected chi connectivity index (χ0v) is 14.4. The molecule has 0 spiro atoms. The van der Waals surface area contributed by atoms with Crippen LogP contribution in [0.4, 0.5) is 0 Å². The summed E-state index contributed by atoms with van der Waals surface area (Å²) in [5.74, 6) is 0. The lowest BCUT2D eigenvalue weighted by Gasteiger charge is -2.04. The molecule has 1 heterocycles. The van der Waals surface area contributed by atoms with Gasteiger partial charge in [0.2, 0.25) is 0 Å². The number of fused-ring (bicyclic) bond motifs is 1. The standard InChI is InChI=1S/C21H17ClN2O/c22-18-11-12-19-20(13-18)24(15-17-9-5-2-6-10-17)21(25)23(19)14-16-7-3-1-4-8-16/h1-13H,14-15H2. The fraction of sp³-hybridized carbons (Fsp3) is 0.0952. The summed E-state index contributed by atoms with van der Waals surface area (Å²) in [5, 5.41) is 0.631. The first-order valence-corrected chi connectivity index (χ1v) is 8.56. The highest BCUT2D eigenvalue weighted by Gasteiger charge is 2.14. The zero-order chi connectivity index (χ0) is 17.2. The number of rotatable bonds is 4. The van der Waals surface area contributed by atoms with Crippen molar-refractivity contribution in [3.8, 4) is 0 Å². The zero-order valence-electron chi connectivity index (χ0n) is 13.6. The molecular formula is C21H17ClN2O. The Hall–Kier alpha value is -2.78. The molecule has 0 saturated carbocycles. The average Bonchev–Trinajstić information content (AvgIpc) is 2.89. The first-order valence-electron chi connectivity index (χ1n) is 8.19. The predicted molar refractivity (Wildman–Crippen MR) is 102 cm³/mol. The normalized spacial score (nSPS) is 11.1. The van der Waals surface area contributed by atoms with Gasteiger partial charge in [-0.25, -0.2) is 4.79 Å². The number of hydrogen-bond acceptors (Lipinski definition) is 1. The van der Waals surface area contributed by atoms with Crippen LogP contribution in [0.3, 0.4) is 0 Å². The highest BCUT2D eigenvalue weighted by Crippen LogP contribution is 2.20. The second-order valence-corrected chi connectivity index (χ2v) is 6.50. The first kappa shape index (κ1) is 15.7. The minimum atomic E-state index is -0.0232. The molecule has 3 nitrogen and oxygen atoms in total. The molecule has 0 amide bonds. The van der Waals surface area contributed by atoms with Gasteiger partial charge in [-0.05, 0) is 29.3 Å². The molecule has 4 rings (SSSR count). The second-order valence-electron chi connectivity index (χ2n) is 6.06. The molecule has 0 aliphatic rings.